The number of aliphatic hydroxyl groups excluding tert-OH is 2. The third-order valence-electron chi connectivity index (χ3n) is 4.53. The van der Waals surface area contributed by atoms with Crippen molar-refractivity contribution in [1.29, 1.82) is 0 Å². The fraction of sp³-hybridized carbons (Fsp3) is 0.500. The molecular formula is C12H13FN4O4. The minimum Gasteiger partial charge on any atom is -0.387 e. The fourth-order valence-electron chi connectivity index (χ4n) is 3.21. The molecule has 0 bridgehead atoms. The van der Waals surface area contributed by atoms with Crippen molar-refractivity contribution >= 4 is 11.3 Å². The highest BCUT2D eigenvalue weighted by Gasteiger charge is 2.87. The van der Waals surface area contributed by atoms with Crippen LogP contribution in [0.15, 0.2) is 18.5 Å². The van der Waals surface area contributed by atoms with Crippen molar-refractivity contribution in [2.45, 2.75) is 29.5 Å². The van der Waals surface area contributed by atoms with Crippen LogP contribution in [-0.4, -0.2) is 60.0 Å². The minimum atomic E-state index is -2.00. The summed E-state index contributed by atoms with van der Waals surface area (Å²) >= 11 is 0. The van der Waals surface area contributed by atoms with Crippen LogP contribution in [0.4, 0.5) is 10.2 Å². The molecule has 2 aromatic rings. The van der Waals surface area contributed by atoms with E-state index >= 15 is 0 Å². The second kappa shape index (κ2) is 3.69. The molecule has 1 saturated heterocycles. The summed E-state index contributed by atoms with van der Waals surface area (Å²) in [5, 5.41) is 34.1. The van der Waals surface area contributed by atoms with Gasteiger partial charge in [0.25, 0.3) is 0 Å². The number of fused-ring (bicyclic) bond motifs is 2. The monoisotopic (exact) mass is 296 g/mol. The Morgan fingerprint density at radius 3 is 2.86 bits per heavy atom. The Labute approximate surface area is 117 Å². The first-order valence-electron chi connectivity index (χ1n) is 6.38. The van der Waals surface area contributed by atoms with Crippen LogP contribution in [0.3, 0.4) is 0 Å². The Bertz CT molecular complexity index is 735. The number of hydrogen-bond acceptors (Lipinski definition) is 7. The molecule has 0 radical (unpaired) electrons. The van der Waals surface area contributed by atoms with Crippen LogP contribution in [0, 0.1) is 0 Å². The van der Waals surface area contributed by atoms with Crippen molar-refractivity contribution in [3.63, 3.8) is 0 Å². The van der Waals surface area contributed by atoms with Gasteiger partial charge in [-0.3, -0.25) is 0 Å². The van der Waals surface area contributed by atoms with Crippen LogP contribution in [0.5, 0.6) is 0 Å². The van der Waals surface area contributed by atoms with Gasteiger partial charge in [0.15, 0.2) is 17.0 Å². The first kappa shape index (κ1) is 12.9. The number of aliphatic hydroxyl groups is 3. The highest BCUT2D eigenvalue weighted by Crippen LogP contribution is 2.63. The summed E-state index contributed by atoms with van der Waals surface area (Å²) in [7, 11) is 0. The number of nitrogens with two attached hydrogens (primary N) is 1. The first-order valence-corrected chi connectivity index (χ1v) is 6.38. The molecule has 1 aliphatic heterocycles. The number of aromatic nitrogens is 3. The highest BCUT2D eigenvalue weighted by atomic mass is 19.1. The molecule has 0 amide bonds. The summed E-state index contributed by atoms with van der Waals surface area (Å²) < 4.78 is 20.0. The molecule has 4 rings (SSSR count). The Morgan fingerprint density at radius 1 is 1.43 bits per heavy atom. The molecule has 3 heterocycles. The smallest absolute Gasteiger partial charge is 0.160 e. The SMILES string of the molecule is Nc1ncnn2c([C@@H]3O[C@]4(CF)C(O)[C@]4(O)[C@H]3O)ccc12. The van der Waals surface area contributed by atoms with Crippen LogP contribution in [0.1, 0.15) is 11.8 Å². The van der Waals surface area contributed by atoms with E-state index in [0.717, 1.165) is 0 Å². The molecule has 21 heavy (non-hydrogen) atoms. The number of nitrogen functional groups attached to an aromatic ring is 1. The molecule has 2 aliphatic rings. The molecule has 112 valence electrons. The Kier molecular flexibility index (Phi) is 2.26. The standard InChI is InChI=1S/C12H13FN4O4/c13-3-11-10(19)12(11,20)8(18)7(21-11)5-1-2-6-9(14)15-4-16-17(5)6/h1-2,4,7-8,10,18-20H,3H2,(H2,14,15,16)/t7-,8-,10?,11+,12+/m0/s1. The number of hydrogen-bond donors (Lipinski definition) is 4. The van der Waals surface area contributed by atoms with Crippen molar-refractivity contribution in [2.75, 3.05) is 12.4 Å². The third-order valence-corrected chi connectivity index (χ3v) is 4.53. The molecule has 1 unspecified atom stereocenters. The minimum absolute atomic E-state index is 0.243. The summed E-state index contributed by atoms with van der Waals surface area (Å²) in [6.07, 6.45) is -2.71. The van der Waals surface area contributed by atoms with E-state index in [4.69, 9.17) is 10.5 Å². The maximum Gasteiger partial charge on any atom is 0.160 e. The topological polar surface area (TPSA) is 126 Å². The first-order chi connectivity index (χ1) is 9.97. The van der Waals surface area contributed by atoms with Crippen LogP contribution >= 0.6 is 0 Å². The van der Waals surface area contributed by atoms with Crippen LogP contribution in [-0.2, 0) is 4.74 Å². The number of halogens is 1. The average molecular weight is 296 g/mol. The predicted molar refractivity (Wildman–Crippen MR) is 66.9 cm³/mol. The van der Waals surface area contributed by atoms with Crippen molar-refractivity contribution in [3.8, 4) is 0 Å². The molecule has 1 saturated carbocycles. The van der Waals surface area contributed by atoms with Gasteiger partial charge >= 0.3 is 0 Å². The van der Waals surface area contributed by atoms with Gasteiger partial charge in [-0.15, -0.1) is 0 Å². The molecule has 2 aromatic heterocycles. The van der Waals surface area contributed by atoms with E-state index in [1.807, 2.05) is 0 Å². The van der Waals surface area contributed by atoms with Gasteiger partial charge in [0.1, 0.15) is 36.8 Å². The zero-order chi connectivity index (χ0) is 15.0. The van der Waals surface area contributed by atoms with Gasteiger partial charge in [0.2, 0.25) is 0 Å². The number of rotatable bonds is 2. The number of anilines is 1. The fourth-order valence-corrected chi connectivity index (χ4v) is 3.21. The normalized spacial score (nSPS) is 41.4. The van der Waals surface area contributed by atoms with Crippen LogP contribution in [0.25, 0.3) is 5.52 Å². The average Bonchev–Trinajstić information content (AvgIpc) is 2.82. The quantitative estimate of drug-likeness (QED) is 0.534. The second-order valence-corrected chi connectivity index (χ2v) is 5.43. The summed E-state index contributed by atoms with van der Waals surface area (Å²) in [5.41, 5.74) is 2.83. The Morgan fingerprint density at radius 2 is 2.19 bits per heavy atom. The maximum absolute atomic E-state index is 13.2. The van der Waals surface area contributed by atoms with E-state index < -0.39 is 36.2 Å². The number of nitrogens with zero attached hydrogens (tertiary/aromatic N) is 3. The van der Waals surface area contributed by atoms with E-state index in [-0.39, 0.29) is 5.82 Å². The molecule has 0 aromatic carbocycles. The van der Waals surface area contributed by atoms with E-state index in [2.05, 4.69) is 10.1 Å². The van der Waals surface area contributed by atoms with Crippen molar-refractivity contribution < 1.29 is 24.4 Å². The van der Waals surface area contributed by atoms with Gasteiger partial charge in [-0.1, -0.05) is 0 Å². The highest BCUT2D eigenvalue weighted by molar-refractivity contribution is 5.65. The van der Waals surface area contributed by atoms with Crippen LogP contribution < -0.4 is 5.73 Å². The molecular weight excluding hydrogens is 283 g/mol. The zero-order valence-corrected chi connectivity index (χ0v) is 10.7. The van der Waals surface area contributed by atoms with Crippen LogP contribution in [0.2, 0.25) is 0 Å². The molecule has 8 nitrogen and oxygen atoms in total. The Hall–Kier alpha value is -1.81. The molecule has 1 aliphatic carbocycles. The predicted octanol–water partition coefficient (Wildman–Crippen LogP) is -1.44. The second-order valence-electron chi connectivity index (χ2n) is 5.43. The van der Waals surface area contributed by atoms with E-state index in [1.165, 1.54) is 10.8 Å². The number of ether oxygens (including phenoxy) is 1. The summed E-state index contributed by atoms with van der Waals surface area (Å²) in [4.78, 5) is 3.84. The summed E-state index contributed by atoms with van der Waals surface area (Å²) in [6.45, 7) is -1.10. The molecule has 9 heteroatoms. The largest absolute Gasteiger partial charge is 0.387 e. The molecule has 5 N–H and O–H groups in total. The molecule has 0 spiro atoms. The van der Waals surface area contributed by atoms with Gasteiger partial charge in [-0.2, -0.15) is 5.10 Å². The zero-order valence-electron chi connectivity index (χ0n) is 10.7. The van der Waals surface area contributed by atoms with E-state index in [1.54, 1.807) is 12.1 Å². The lowest BCUT2D eigenvalue weighted by Gasteiger charge is -2.21. The van der Waals surface area contributed by atoms with Crippen molar-refractivity contribution in [3.05, 3.63) is 24.2 Å². The van der Waals surface area contributed by atoms with Gasteiger partial charge in [-0.25, -0.2) is 13.9 Å². The summed E-state index contributed by atoms with van der Waals surface area (Å²) in [5.74, 6) is 0.243. The maximum atomic E-state index is 13.2. The third kappa shape index (κ3) is 1.23. The lowest BCUT2D eigenvalue weighted by atomic mass is 10.0. The van der Waals surface area contributed by atoms with E-state index in [0.29, 0.717) is 11.2 Å². The van der Waals surface area contributed by atoms with Gasteiger partial charge in [0, 0.05) is 0 Å². The number of alkyl halides is 1. The molecule has 2 fully saturated rings. The lowest BCUT2D eigenvalue weighted by molar-refractivity contribution is -0.0871. The Balaban J connectivity index is 1.80. The lowest BCUT2D eigenvalue weighted by Crippen LogP contribution is -2.35. The molecule has 5 atom stereocenters. The van der Waals surface area contributed by atoms with Gasteiger partial charge in [0.05, 0.1) is 5.69 Å². The van der Waals surface area contributed by atoms with E-state index in [9.17, 15) is 19.7 Å². The van der Waals surface area contributed by atoms with Gasteiger partial charge < -0.3 is 25.8 Å². The van der Waals surface area contributed by atoms with Crippen molar-refractivity contribution in [1.82, 2.24) is 14.6 Å². The summed E-state index contributed by atoms with van der Waals surface area (Å²) in [6, 6.07) is 3.23. The van der Waals surface area contributed by atoms with Gasteiger partial charge in [-0.05, 0) is 12.1 Å². The van der Waals surface area contributed by atoms with Crippen molar-refractivity contribution in [2.24, 2.45) is 0 Å².